The molecule has 2 N–H and O–H groups in total. The third kappa shape index (κ3) is 5.04. The van der Waals surface area contributed by atoms with Crippen molar-refractivity contribution in [3.8, 4) is 0 Å². The van der Waals surface area contributed by atoms with Crippen molar-refractivity contribution in [2.45, 2.75) is 6.54 Å². The van der Waals surface area contributed by atoms with Crippen LogP contribution in [0.1, 0.15) is 36.8 Å². The molecule has 3 rings (SSSR count). The Morgan fingerprint density at radius 1 is 0.897 bits per heavy atom. The number of nitrogens with zero attached hydrogens (tertiary/aromatic N) is 1. The zero-order valence-corrected chi connectivity index (χ0v) is 15.7. The number of esters is 1. The molecule has 0 fully saturated rings. The normalized spacial score (nSPS) is 10.1. The van der Waals surface area contributed by atoms with Crippen LogP contribution in [-0.2, 0) is 11.3 Å². The minimum atomic E-state index is -0.537. The van der Waals surface area contributed by atoms with Gasteiger partial charge in [0.05, 0.1) is 23.9 Å². The van der Waals surface area contributed by atoms with Crippen LogP contribution in [0.25, 0.3) is 0 Å². The number of ether oxygens (including phenoxy) is 1. The number of rotatable bonds is 6. The lowest BCUT2D eigenvalue weighted by atomic mass is 10.1. The first-order chi connectivity index (χ1) is 14.1. The zero-order valence-electron chi connectivity index (χ0n) is 15.7. The molecule has 1 heterocycles. The van der Waals surface area contributed by atoms with Crippen molar-refractivity contribution in [1.29, 1.82) is 0 Å². The standard InChI is InChI=1S/C22H19N3O4/c1-29-22(28)16-11-12-19(23-14-16)21(27)25-18-10-6-5-9-17(18)20(26)24-13-15-7-3-2-4-8-15/h2-12,14H,13H2,1H3,(H,24,26)(H,25,27). The number of carbonyl (C=O) groups is 3. The van der Waals surface area contributed by atoms with Gasteiger partial charge in [0.2, 0.25) is 0 Å². The lowest BCUT2D eigenvalue weighted by Gasteiger charge is -2.11. The van der Waals surface area contributed by atoms with Gasteiger partial charge in [-0.25, -0.2) is 4.79 Å². The van der Waals surface area contributed by atoms with E-state index in [2.05, 4.69) is 20.4 Å². The van der Waals surface area contributed by atoms with E-state index >= 15 is 0 Å². The molecule has 7 heteroatoms. The van der Waals surface area contributed by atoms with E-state index in [0.29, 0.717) is 17.8 Å². The molecule has 2 aromatic carbocycles. The van der Waals surface area contributed by atoms with Crippen molar-refractivity contribution in [1.82, 2.24) is 10.3 Å². The number of amides is 2. The predicted octanol–water partition coefficient (Wildman–Crippen LogP) is 3.05. The molecule has 0 saturated heterocycles. The highest BCUT2D eigenvalue weighted by molar-refractivity contribution is 6.08. The number of aromatic nitrogens is 1. The number of carbonyl (C=O) groups excluding carboxylic acids is 3. The predicted molar refractivity (Wildman–Crippen MR) is 108 cm³/mol. The van der Waals surface area contributed by atoms with Crippen molar-refractivity contribution in [2.24, 2.45) is 0 Å². The maximum atomic E-state index is 12.6. The van der Waals surface area contributed by atoms with Crippen molar-refractivity contribution in [3.05, 3.63) is 95.3 Å². The molecule has 0 spiro atoms. The lowest BCUT2D eigenvalue weighted by Crippen LogP contribution is -2.25. The Bertz CT molecular complexity index is 1020. The van der Waals surface area contributed by atoms with E-state index in [0.717, 1.165) is 5.56 Å². The Kier molecular flexibility index (Phi) is 6.32. The fraction of sp³-hybridized carbons (Fsp3) is 0.0909. The maximum absolute atomic E-state index is 12.6. The van der Waals surface area contributed by atoms with Crippen molar-refractivity contribution < 1.29 is 19.1 Å². The summed E-state index contributed by atoms with van der Waals surface area (Å²) in [4.78, 5) is 40.5. The smallest absolute Gasteiger partial charge is 0.339 e. The van der Waals surface area contributed by atoms with Gasteiger partial charge in [0.25, 0.3) is 11.8 Å². The number of hydrogen-bond acceptors (Lipinski definition) is 5. The average Bonchev–Trinajstić information content (AvgIpc) is 2.78. The minimum Gasteiger partial charge on any atom is -0.465 e. The second-order valence-electron chi connectivity index (χ2n) is 6.09. The fourth-order valence-corrected chi connectivity index (χ4v) is 2.62. The Morgan fingerprint density at radius 2 is 1.62 bits per heavy atom. The Morgan fingerprint density at radius 3 is 2.31 bits per heavy atom. The zero-order chi connectivity index (χ0) is 20.6. The average molecular weight is 389 g/mol. The van der Waals surface area contributed by atoms with Crippen LogP contribution in [0.2, 0.25) is 0 Å². The summed E-state index contributed by atoms with van der Waals surface area (Å²) in [6.07, 6.45) is 1.26. The molecule has 2 amide bonds. The summed E-state index contributed by atoms with van der Waals surface area (Å²) in [5, 5.41) is 5.53. The highest BCUT2D eigenvalue weighted by Crippen LogP contribution is 2.16. The van der Waals surface area contributed by atoms with Gasteiger partial charge in [-0.15, -0.1) is 0 Å². The first-order valence-corrected chi connectivity index (χ1v) is 8.85. The summed E-state index contributed by atoms with van der Waals surface area (Å²) in [6.45, 7) is 0.374. The number of para-hydroxylation sites is 1. The summed E-state index contributed by atoms with van der Waals surface area (Å²) in [5.41, 5.74) is 2.02. The summed E-state index contributed by atoms with van der Waals surface area (Å²) in [6, 6.07) is 19.1. The molecular weight excluding hydrogens is 370 g/mol. The van der Waals surface area contributed by atoms with Gasteiger partial charge in [-0.1, -0.05) is 42.5 Å². The molecule has 0 aliphatic rings. The molecule has 146 valence electrons. The first kappa shape index (κ1) is 19.8. The van der Waals surface area contributed by atoms with Crippen LogP contribution in [0, 0.1) is 0 Å². The Labute approximate surface area is 167 Å². The molecule has 0 bridgehead atoms. The van der Waals surface area contributed by atoms with E-state index in [1.54, 1.807) is 24.3 Å². The highest BCUT2D eigenvalue weighted by Gasteiger charge is 2.15. The number of hydrogen-bond donors (Lipinski definition) is 2. The van der Waals surface area contributed by atoms with Gasteiger partial charge in [-0.3, -0.25) is 14.6 Å². The van der Waals surface area contributed by atoms with Crippen LogP contribution in [0.4, 0.5) is 5.69 Å². The van der Waals surface area contributed by atoms with Gasteiger partial charge < -0.3 is 15.4 Å². The quantitative estimate of drug-likeness (QED) is 0.632. The topological polar surface area (TPSA) is 97.4 Å². The first-order valence-electron chi connectivity index (χ1n) is 8.85. The number of nitrogens with one attached hydrogen (secondary N) is 2. The van der Waals surface area contributed by atoms with Gasteiger partial charge in [0, 0.05) is 12.7 Å². The van der Waals surface area contributed by atoms with Gasteiger partial charge in [0.1, 0.15) is 5.69 Å². The molecule has 29 heavy (non-hydrogen) atoms. The lowest BCUT2D eigenvalue weighted by molar-refractivity contribution is 0.0599. The third-order valence-corrected chi connectivity index (χ3v) is 4.13. The number of benzene rings is 2. The molecule has 0 saturated carbocycles. The Hall–Kier alpha value is -4.00. The molecule has 1 aromatic heterocycles. The molecule has 0 radical (unpaired) electrons. The summed E-state index contributed by atoms with van der Waals surface area (Å²) < 4.78 is 4.61. The van der Waals surface area contributed by atoms with Gasteiger partial charge in [-0.05, 0) is 29.8 Å². The summed E-state index contributed by atoms with van der Waals surface area (Å²) in [5.74, 6) is -1.34. The Balaban J connectivity index is 1.70. The number of anilines is 1. The second kappa shape index (κ2) is 9.27. The molecule has 0 unspecified atom stereocenters. The number of methoxy groups -OCH3 is 1. The monoisotopic (exact) mass is 389 g/mol. The van der Waals surface area contributed by atoms with Crippen molar-refractivity contribution in [2.75, 3.05) is 12.4 Å². The molecule has 7 nitrogen and oxygen atoms in total. The van der Waals surface area contributed by atoms with Crippen LogP contribution in [0.15, 0.2) is 72.9 Å². The largest absolute Gasteiger partial charge is 0.465 e. The molecule has 0 aliphatic carbocycles. The number of pyridine rings is 1. The van der Waals surface area contributed by atoms with Crippen LogP contribution in [-0.4, -0.2) is 29.9 Å². The van der Waals surface area contributed by atoms with E-state index < -0.39 is 11.9 Å². The van der Waals surface area contributed by atoms with Gasteiger partial charge >= 0.3 is 5.97 Å². The summed E-state index contributed by atoms with van der Waals surface area (Å²) >= 11 is 0. The van der Waals surface area contributed by atoms with Crippen LogP contribution in [0.5, 0.6) is 0 Å². The molecule has 0 aliphatic heterocycles. The maximum Gasteiger partial charge on any atom is 0.339 e. The highest BCUT2D eigenvalue weighted by atomic mass is 16.5. The van der Waals surface area contributed by atoms with Crippen LogP contribution >= 0.6 is 0 Å². The van der Waals surface area contributed by atoms with E-state index in [4.69, 9.17) is 0 Å². The SMILES string of the molecule is COC(=O)c1ccc(C(=O)Nc2ccccc2C(=O)NCc2ccccc2)nc1. The second-order valence-corrected chi connectivity index (χ2v) is 6.09. The van der Waals surface area contributed by atoms with Crippen molar-refractivity contribution in [3.63, 3.8) is 0 Å². The van der Waals surface area contributed by atoms with E-state index in [9.17, 15) is 14.4 Å². The molecule has 3 aromatic rings. The molecular formula is C22H19N3O4. The fourth-order valence-electron chi connectivity index (χ4n) is 2.62. The van der Waals surface area contributed by atoms with Crippen LogP contribution < -0.4 is 10.6 Å². The van der Waals surface area contributed by atoms with E-state index in [1.807, 2.05) is 30.3 Å². The van der Waals surface area contributed by atoms with E-state index in [-0.39, 0.29) is 17.2 Å². The third-order valence-electron chi connectivity index (χ3n) is 4.13. The van der Waals surface area contributed by atoms with Gasteiger partial charge in [-0.2, -0.15) is 0 Å². The van der Waals surface area contributed by atoms with Crippen molar-refractivity contribution >= 4 is 23.5 Å². The van der Waals surface area contributed by atoms with Gasteiger partial charge in [0.15, 0.2) is 0 Å². The van der Waals surface area contributed by atoms with E-state index in [1.165, 1.54) is 25.4 Å². The molecule has 0 atom stereocenters. The summed E-state index contributed by atoms with van der Waals surface area (Å²) in [7, 11) is 1.27. The van der Waals surface area contributed by atoms with Crippen LogP contribution in [0.3, 0.4) is 0 Å². The minimum absolute atomic E-state index is 0.108.